The lowest BCUT2D eigenvalue weighted by molar-refractivity contribution is -0.155. The summed E-state index contributed by atoms with van der Waals surface area (Å²) in [5.41, 5.74) is 8.17. The van der Waals surface area contributed by atoms with Gasteiger partial charge in [0.25, 0.3) is 11.8 Å². The second-order valence-corrected chi connectivity index (χ2v) is 12.1. The molecule has 0 spiro atoms. The van der Waals surface area contributed by atoms with Gasteiger partial charge in [-0.1, -0.05) is 68.1 Å². The summed E-state index contributed by atoms with van der Waals surface area (Å²) < 4.78 is 11.2. The van der Waals surface area contributed by atoms with Crippen molar-refractivity contribution in [3.05, 3.63) is 78.4 Å². The van der Waals surface area contributed by atoms with Gasteiger partial charge in [-0.15, -0.1) is 0 Å². The second-order valence-electron chi connectivity index (χ2n) is 11.0. The van der Waals surface area contributed by atoms with Crippen molar-refractivity contribution < 1.29 is 29.0 Å². The summed E-state index contributed by atoms with van der Waals surface area (Å²) in [6.07, 6.45) is -0.670. The van der Waals surface area contributed by atoms with E-state index < -0.39 is 42.1 Å². The van der Waals surface area contributed by atoms with E-state index >= 15 is 0 Å². The number of para-hydroxylation sites is 1. The van der Waals surface area contributed by atoms with E-state index in [1.807, 2.05) is 50.2 Å². The number of rotatable bonds is 11. The van der Waals surface area contributed by atoms with Crippen molar-refractivity contribution in [1.82, 2.24) is 10.2 Å². The molecule has 2 aliphatic heterocycles. The van der Waals surface area contributed by atoms with Crippen molar-refractivity contribution in [1.29, 1.82) is 0 Å². The number of carbonyl (C=O) groups excluding carboxylic acids is 3. The monoisotopic (exact) mass is 604 g/mol. The predicted octanol–water partition coefficient (Wildman–Crippen LogP) is 3.97. The fourth-order valence-corrected chi connectivity index (χ4v) is 6.31. The van der Waals surface area contributed by atoms with Crippen molar-refractivity contribution in [2.24, 2.45) is 11.7 Å². The molecular formula is C32H36N4O6S. The standard InChI is InChI=1S/C32H36N4O6S/c1-19(2)16-25(30(33)38)36(24-14-15-41-32(24)40)31(39)29(20-8-4-3-5-9-20)35-28(37)18-42-21-12-13-27-23(17-21)34-22-10-6-7-11-26(22)43-27/h3-13,17,19,24-25,29,32,34,40H,14-16,18H2,1-2H3,(H2,33,38)(H,35,37)/t24-,25-,29-,32?/m0/s1. The number of nitrogens with one attached hydrogen (secondary N) is 2. The number of aliphatic hydroxyl groups excluding tert-OH is 1. The normalized spacial score (nSPS) is 18.5. The highest BCUT2D eigenvalue weighted by atomic mass is 32.2. The Morgan fingerprint density at radius 1 is 1.07 bits per heavy atom. The first-order valence-electron chi connectivity index (χ1n) is 14.3. The van der Waals surface area contributed by atoms with Crippen LogP contribution in [0.15, 0.2) is 82.6 Å². The van der Waals surface area contributed by atoms with Gasteiger partial charge in [0.1, 0.15) is 17.8 Å². The maximum Gasteiger partial charge on any atom is 0.258 e. The first kappa shape index (κ1) is 30.4. The quantitative estimate of drug-likeness (QED) is 0.201. The van der Waals surface area contributed by atoms with Crippen LogP contribution in [0.5, 0.6) is 5.75 Å². The number of amides is 3. The number of benzene rings is 3. The van der Waals surface area contributed by atoms with E-state index in [2.05, 4.69) is 10.6 Å². The van der Waals surface area contributed by atoms with Crippen LogP contribution in [-0.4, -0.2) is 59.3 Å². The lowest BCUT2D eigenvalue weighted by Gasteiger charge is -2.38. The molecule has 1 unspecified atom stereocenters. The SMILES string of the molecule is CC(C)C[C@@H](C(N)=O)N(C(=O)[C@@H](NC(=O)COc1ccc2c(c1)Nc1ccccc1S2)c1ccccc1)[C@H]1CCOC1O. The zero-order valence-corrected chi connectivity index (χ0v) is 24.9. The molecule has 5 rings (SSSR count). The van der Waals surface area contributed by atoms with Crippen molar-refractivity contribution in [3.63, 3.8) is 0 Å². The molecule has 2 aliphatic rings. The molecule has 0 aliphatic carbocycles. The largest absolute Gasteiger partial charge is 0.484 e. The molecule has 0 bridgehead atoms. The van der Waals surface area contributed by atoms with Crippen LogP contribution in [0, 0.1) is 5.92 Å². The van der Waals surface area contributed by atoms with Gasteiger partial charge in [0.15, 0.2) is 12.9 Å². The van der Waals surface area contributed by atoms with Crippen LogP contribution in [0.4, 0.5) is 11.4 Å². The maximum atomic E-state index is 14.3. The first-order valence-corrected chi connectivity index (χ1v) is 15.1. The van der Waals surface area contributed by atoms with Crippen LogP contribution in [0.25, 0.3) is 0 Å². The molecule has 4 atom stereocenters. The van der Waals surface area contributed by atoms with E-state index in [4.69, 9.17) is 15.2 Å². The molecular weight excluding hydrogens is 568 g/mol. The van der Waals surface area contributed by atoms with Crippen LogP contribution in [0.3, 0.4) is 0 Å². The molecule has 1 saturated heterocycles. The Bertz CT molecular complexity index is 1470. The minimum Gasteiger partial charge on any atom is -0.484 e. The third-order valence-electron chi connectivity index (χ3n) is 7.38. The van der Waals surface area contributed by atoms with Gasteiger partial charge in [-0.05, 0) is 48.6 Å². The van der Waals surface area contributed by atoms with Crippen LogP contribution >= 0.6 is 11.8 Å². The molecule has 3 aromatic carbocycles. The Morgan fingerprint density at radius 3 is 2.49 bits per heavy atom. The molecule has 0 saturated carbocycles. The summed E-state index contributed by atoms with van der Waals surface area (Å²) in [5.74, 6) is -1.27. The van der Waals surface area contributed by atoms with E-state index in [-0.39, 0.29) is 25.6 Å². The molecule has 0 radical (unpaired) electrons. The van der Waals surface area contributed by atoms with Gasteiger partial charge in [0.05, 0.1) is 24.0 Å². The van der Waals surface area contributed by atoms with Gasteiger partial charge in [0.2, 0.25) is 5.91 Å². The van der Waals surface area contributed by atoms with E-state index in [0.717, 1.165) is 21.2 Å². The molecule has 2 heterocycles. The Hall–Kier alpha value is -4.06. The molecule has 43 heavy (non-hydrogen) atoms. The molecule has 5 N–H and O–H groups in total. The number of aliphatic hydroxyl groups is 1. The average Bonchev–Trinajstić information content (AvgIpc) is 3.42. The van der Waals surface area contributed by atoms with Crippen LogP contribution in [0.1, 0.15) is 38.3 Å². The van der Waals surface area contributed by atoms with Gasteiger partial charge in [-0.3, -0.25) is 14.4 Å². The Labute approximate surface area is 254 Å². The minimum atomic E-state index is -1.28. The number of hydrogen-bond donors (Lipinski definition) is 4. The Balaban J connectivity index is 1.34. The number of ether oxygens (including phenoxy) is 2. The fourth-order valence-electron chi connectivity index (χ4n) is 5.34. The van der Waals surface area contributed by atoms with Crippen LogP contribution < -0.4 is 21.1 Å². The van der Waals surface area contributed by atoms with E-state index in [9.17, 15) is 19.5 Å². The predicted molar refractivity (Wildman–Crippen MR) is 163 cm³/mol. The second kappa shape index (κ2) is 13.5. The van der Waals surface area contributed by atoms with Crippen LogP contribution in [-0.2, 0) is 19.1 Å². The number of carbonyl (C=O) groups is 3. The molecule has 0 aromatic heterocycles. The number of fused-ring (bicyclic) bond motifs is 2. The zero-order valence-electron chi connectivity index (χ0n) is 24.1. The van der Waals surface area contributed by atoms with Crippen molar-refractivity contribution >= 4 is 40.9 Å². The van der Waals surface area contributed by atoms with E-state index in [0.29, 0.717) is 17.7 Å². The highest BCUT2D eigenvalue weighted by Gasteiger charge is 2.43. The van der Waals surface area contributed by atoms with Gasteiger partial charge >= 0.3 is 0 Å². The van der Waals surface area contributed by atoms with Crippen LogP contribution in [0.2, 0.25) is 0 Å². The third kappa shape index (κ3) is 7.12. The summed E-state index contributed by atoms with van der Waals surface area (Å²) in [6.45, 7) is 3.71. The van der Waals surface area contributed by atoms with Gasteiger partial charge in [-0.25, -0.2) is 0 Å². The molecule has 11 heteroatoms. The maximum absolute atomic E-state index is 14.3. The summed E-state index contributed by atoms with van der Waals surface area (Å²) in [6, 6.07) is 19.3. The lowest BCUT2D eigenvalue weighted by Crippen LogP contribution is -2.58. The molecule has 10 nitrogen and oxygen atoms in total. The van der Waals surface area contributed by atoms with E-state index in [1.165, 1.54) is 4.90 Å². The summed E-state index contributed by atoms with van der Waals surface area (Å²) in [4.78, 5) is 43.6. The lowest BCUT2D eigenvalue weighted by atomic mass is 9.96. The van der Waals surface area contributed by atoms with Gasteiger partial charge in [0, 0.05) is 15.9 Å². The van der Waals surface area contributed by atoms with Gasteiger partial charge in [-0.2, -0.15) is 0 Å². The molecule has 226 valence electrons. The Morgan fingerprint density at radius 2 is 1.79 bits per heavy atom. The fraction of sp³-hybridized carbons (Fsp3) is 0.344. The van der Waals surface area contributed by atoms with Crippen molar-refractivity contribution in [2.45, 2.75) is 60.9 Å². The third-order valence-corrected chi connectivity index (χ3v) is 8.54. The van der Waals surface area contributed by atoms with Crippen molar-refractivity contribution in [3.8, 4) is 5.75 Å². The number of anilines is 2. The van der Waals surface area contributed by atoms with Gasteiger partial charge < -0.3 is 35.8 Å². The Kier molecular flexibility index (Phi) is 9.54. The minimum absolute atomic E-state index is 0.0309. The molecule has 3 amide bonds. The summed E-state index contributed by atoms with van der Waals surface area (Å²) in [5, 5.41) is 16.8. The van der Waals surface area contributed by atoms with E-state index in [1.54, 1.807) is 48.2 Å². The number of nitrogens with zero attached hydrogens (tertiary/aromatic N) is 1. The zero-order chi connectivity index (χ0) is 30.5. The number of primary amides is 1. The highest BCUT2D eigenvalue weighted by Crippen LogP contribution is 2.45. The molecule has 1 fully saturated rings. The van der Waals surface area contributed by atoms with Crippen molar-refractivity contribution in [2.75, 3.05) is 18.5 Å². The number of hydrogen-bond acceptors (Lipinski definition) is 8. The topological polar surface area (TPSA) is 143 Å². The number of nitrogens with two attached hydrogens (primary N) is 1. The highest BCUT2D eigenvalue weighted by molar-refractivity contribution is 7.99. The first-order chi connectivity index (χ1) is 20.7. The average molecular weight is 605 g/mol. The summed E-state index contributed by atoms with van der Waals surface area (Å²) in [7, 11) is 0. The molecule has 3 aromatic rings. The smallest absolute Gasteiger partial charge is 0.258 e. The summed E-state index contributed by atoms with van der Waals surface area (Å²) >= 11 is 1.65.